The summed E-state index contributed by atoms with van der Waals surface area (Å²) in [5, 5.41) is 10.6. The zero-order chi connectivity index (χ0) is 16.0. The number of furan rings is 1. The van der Waals surface area contributed by atoms with Gasteiger partial charge < -0.3 is 14.3 Å². The van der Waals surface area contributed by atoms with Gasteiger partial charge in [-0.3, -0.25) is 0 Å². The van der Waals surface area contributed by atoms with Gasteiger partial charge in [-0.05, 0) is 48.7 Å². The molecule has 1 fully saturated rings. The predicted molar refractivity (Wildman–Crippen MR) is 86.2 cm³/mol. The molecule has 116 valence electrons. The molecular formula is C19H16O4. The SMILES string of the molecule is COc1ccc(C(=O)O)c(C2(c3cc4ccccc4o3)CC2)c1. The Morgan fingerprint density at radius 1 is 1.17 bits per heavy atom. The number of para-hydroxylation sites is 1. The summed E-state index contributed by atoms with van der Waals surface area (Å²) >= 11 is 0. The molecule has 0 atom stereocenters. The van der Waals surface area contributed by atoms with Gasteiger partial charge in [0.1, 0.15) is 17.1 Å². The summed E-state index contributed by atoms with van der Waals surface area (Å²) in [6.45, 7) is 0. The maximum atomic E-state index is 11.6. The van der Waals surface area contributed by atoms with E-state index in [2.05, 4.69) is 0 Å². The Labute approximate surface area is 133 Å². The van der Waals surface area contributed by atoms with E-state index in [9.17, 15) is 9.90 Å². The highest BCUT2D eigenvalue weighted by Crippen LogP contribution is 2.56. The molecule has 0 radical (unpaired) electrons. The number of fused-ring (bicyclic) bond motifs is 1. The minimum absolute atomic E-state index is 0.309. The van der Waals surface area contributed by atoms with Gasteiger partial charge in [-0.25, -0.2) is 4.79 Å². The second-order valence-electron chi connectivity index (χ2n) is 5.95. The molecule has 1 N–H and O–H groups in total. The Kier molecular flexibility index (Phi) is 2.94. The van der Waals surface area contributed by atoms with Crippen LogP contribution in [0.3, 0.4) is 0 Å². The molecule has 1 saturated carbocycles. The summed E-state index contributed by atoms with van der Waals surface area (Å²) in [6, 6.07) is 15.0. The summed E-state index contributed by atoms with van der Waals surface area (Å²) in [5.74, 6) is 0.562. The van der Waals surface area contributed by atoms with Gasteiger partial charge in [0.2, 0.25) is 0 Å². The fourth-order valence-electron chi connectivity index (χ4n) is 3.22. The number of ether oxygens (including phenoxy) is 1. The highest BCUT2D eigenvalue weighted by Gasteiger charge is 2.50. The van der Waals surface area contributed by atoms with Gasteiger partial charge in [-0.15, -0.1) is 0 Å². The Bertz CT molecular complexity index is 870. The second-order valence-corrected chi connectivity index (χ2v) is 5.95. The van der Waals surface area contributed by atoms with Crippen LogP contribution in [0.15, 0.2) is 52.9 Å². The third-order valence-corrected chi connectivity index (χ3v) is 4.62. The molecule has 23 heavy (non-hydrogen) atoms. The summed E-state index contributed by atoms with van der Waals surface area (Å²) < 4.78 is 11.3. The van der Waals surface area contributed by atoms with Crippen molar-refractivity contribution in [3.8, 4) is 5.75 Å². The molecule has 2 aromatic carbocycles. The van der Waals surface area contributed by atoms with E-state index >= 15 is 0 Å². The second kappa shape index (κ2) is 4.88. The first-order valence-corrected chi connectivity index (χ1v) is 7.55. The Morgan fingerprint density at radius 3 is 2.61 bits per heavy atom. The van der Waals surface area contributed by atoms with E-state index in [1.807, 2.05) is 36.4 Å². The lowest BCUT2D eigenvalue weighted by Crippen LogP contribution is -2.14. The molecule has 0 unspecified atom stereocenters. The summed E-state index contributed by atoms with van der Waals surface area (Å²) in [7, 11) is 1.58. The lowest BCUT2D eigenvalue weighted by molar-refractivity contribution is 0.0695. The number of carbonyl (C=O) groups is 1. The van der Waals surface area contributed by atoms with E-state index in [1.54, 1.807) is 19.2 Å². The summed E-state index contributed by atoms with van der Waals surface area (Å²) in [5.41, 5.74) is 1.54. The van der Waals surface area contributed by atoms with Crippen LogP contribution >= 0.6 is 0 Å². The van der Waals surface area contributed by atoms with Crippen LogP contribution in [0, 0.1) is 0 Å². The normalized spacial score (nSPS) is 15.5. The zero-order valence-electron chi connectivity index (χ0n) is 12.7. The highest BCUT2D eigenvalue weighted by molar-refractivity contribution is 5.91. The molecule has 3 aromatic rings. The van der Waals surface area contributed by atoms with Crippen molar-refractivity contribution < 1.29 is 19.1 Å². The van der Waals surface area contributed by atoms with Crippen LogP contribution in [0.1, 0.15) is 34.5 Å². The number of carboxylic acids is 1. The molecule has 0 spiro atoms. The van der Waals surface area contributed by atoms with Gasteiger partial charge in [0.25, 0.3) is 0 Å². The number of carboxylic acid groups (broad SMARTS) is 1. The standard InChI is InChI=1S/C19H16O4/c1-22-13-6-7-14(18(20)21)15(11-13)19(8-9-19)17-10-12-4-2-3-5-16(12)23-17/h2-7,10-11H,8-9H2,1H3,(H,20,21). The van der Waals surface area contributed by atoms with Crippen molar-refractivity contribution in [3.05, 3.63) is 65.4 Å². The number of hydrogen-bond acceptors (Lipinski definition) is 3. The van der Waals surface area contributed by atoms with Crippen LogP contribution in [0.5, 0.6) is 5.75 Å². The lowest BCUT2D eigenvalue weighted by atomic mass is 9.88. The van der Waals surface area contributed by atoms with Gasteiger partial charge >= 0.3 is 5.97 Å². The van der Waals surface area contributed by atoms with Crippen molar-refractivity contribution in [3.63, 3.8) is 0 Å². The van der Waals surface area contributed by atoms with Gasteiger partial charge in [0.05, 0.1) is 18.1 Å². The fourth-order valence-corrected chi connectivity index (χ4v) is 3.22. The van der Waals surface area contributed by atoms with Crippen molar-refractivity contribution in [1.29, 1.82) is 0 Å². The largest absolute Gasteiger partial charge is 0.497 e. The van der Waals surface area contributed by atoms with Crippen molar-refractivity contribution >= 4 is 16.9 Å². The van der Waals surface area contributed by atoms with E-state index in [0.29, 0.717) is 11.3 Å². The summed E-state index contributed by atoms with van der Waals surface area (Å²) in [6.07, 6.45) is 1.75. The highest BCUT2D eigenvalue weighted by atomic mass is 16.5. The number of benzene rings is 2. The van der Waals surface area contributed by atoms with Crippen LogP contribution in [-0.4, -0.2) is 18.2 Å². The first-order chi connectivity index (χ1) is 11.1. The Hall–Kier alpha value is -2.75. The van der Waals surface area contributed by atoms with E-state index < -0.39 is 5.97 Å². The fraction of sp³-hybridized carbons (Fsp3) is 0.211. The Morgan fingerprint density at radius 2 is 1.96 bits per heavy atom. The van der Waals surface area contributed by atoms with Crippen LogP contribution in [-0.2, 0) is 5.41 Å². The van der Waals surface area contributed by atoms with Gasteiger partial charge in [-0.1, -0.05) is 18.2 Å². The third kappa shape index (κ3) is 2.10. The first-order valence-electron chi connectivity index (χ1n) is 7.55. The molecule has 1 aliphatic rings. The van der Waals surface area contributed by atoms with E-state index in [0.717, 1.165) is 35.1 Å². The molecule has 4 rings (SSSR count). The molecule has 0 aliphatic heterocycles. The van der Waals surface area contributed by atoms with Gasteiger partial charge in [0.15, 0.2) is 0 Å². The first kappa shape index (κ1) is 13.9. The zero-order valence-corrected chi connectivity index (χ0v) is 12.7. The molecule has 4 heteroatoms. The smallest absolute Gasteiger partial charge is 0.336 e. The van der Waals surface area contributed by atoms with E-state index in [4.69, 9.17) is 9.15 Å². The average Bonchev–Trinajstić information content (AvgIpc) is 3.26. The number of rotatable bonds is 4. The van der Waals surface area contributed by atoms with Crippen LogP contribution in [0.4, 0.5) is 0 Å². The lowest BCUT2D eigenvalue weighted by Gasteiger charge is -2.17. The molecule has 0 bridgehead atoms. The Balaban J connectivity index is 1.90. The average molecular weight is 308 g/mol. The minimum Gasteiger partial charge on any atom is -0.497 e. The third-order valence-electron chi connectivity index (χ3n) is 4.62. The van der Waals surface area contributed by atoms with Crippen molar-refractivity contribution in [1.82, 2.24) is 0 Å². The van der Waals surface area contributed by atoms with Gasteiger partial charge in [0, 0.05) is 5.39 Å². The summed E-state index contributed by atoms with van der Waals surface area (Å²) in [4.78, 5) is 11.6. The molecular weight excluding hydrogens is 292 g/mol. The quantitative estimate of drug-likeness (QED) is 0.784. The predicted octanol–water partition coefficient (Wildman–Crippen LogP) is 4.22. The molecule has 0 amide bonds. The van der Waals surface area contributed by atoms with Crippen molar-refractivity contribution in [2.45, 2.75) is 18.3 Å². The molecule has 4 nitrogen and oxygen atoms in total. The monoisotopic (exact) mass is 308 g/mol. The minimum atomic E-state index is -0.926. The molecule has 1 heterocycles. The molecule has 1 aromatic heterocycles. The van der Waals surface area contributed by atoms with Crippen LogP contribution in [0.25, 0.3) is 11.0 Å². The van der Waals surface area contributed by atoms with E-state index in [-0.39, 0.29) is 5.41 Å². The maximum Gasteiger partial charge on any atom is 0.336 e. The number of hydrogen-bond donors (Lipinski definition) is 1. The number of aromatic carboxylic acids is 1. The van der Waals surface area contributed by atoms with Crippen LogP contribution < -0.4 is 4.74 Å². The van der Waals surface area contributed by atoms with Crippen molar-refractivity contribution in [2.75, 3.05) is 7.11 Å². The van der Waals surface area contributed by atoms with E-state index in [1.165, 1.54) is 0 Å². The molecule has 0 saturated heterocycles. The maximum absolute atomic E-state index is 11.6. The topological polar surface area (TPSA) is 59.7 Å². The van der Waals surface area contributed by atoms with Crippen molar-refractivity contribution in [2.24, 2.45) is 0 Å². The van der Waals surface area contributed by atoms with Gasteiger partial charge in [-0.2, -0.15) is 0 Å². The van der Waals surface area contributed by atoms with Crippen LogP contribution in [0.2, 0.25) is 0 Å². The number of methoxy groups -OCH3 is 1. The molecule has 1 aliphatic carbocycles.